The van der Waals surface area contributed by atoms with Gasteiger partial charge >= 0.3 is 12.1 Å². The fourth-order valence-electron chi connectivity index (χ4n) is 1.39. The Morgan fingerprint density at radius 1 is 1.33 bits per heavy atom. The summed E-state index contributed by atoms with van der Waals surface area (Å²) in [5, 5.41) is 11.5. The SMILES string of the molecule is CC(CC(C)C(P)NC(=O)OC(C)(C)C)C(=O)O. The molecule has 0 aromatic rings. The lowest BCUT2D eigenvalue weighted by molar-refractivity contribution is -0.141. The van der Waals surface area contributed by atoms with E-state index >= 15 is 0 Å². The van der Waals surface area contributed by atoms with E-state index in [-0.39, 0.29) is 11.7 Å². The number of carboxylic acid groups (broad SMARTS) is 1. The van der Waals surface area contributed by atoms with Crippen LogP contribution in [-0.2, 0) is 9.53 Å². The van der Waals surface area contributed by atoms with Crippen LogP contribution in [0, 0.1) is 11.8 Å². The number of nitrogens with one attached hydrogen (secondary N) is 1. The van der Waals surface area contributed by atoms with Crippen molar-refractivity contribution in [3.05, 3.63) is 0 Å². The van der Waals surface area contributed by atoms with Gasteiger partial charge in [0.25, 0.3) is 0 Å². The van der Waals surface area contributed by atoms with E-state index in [1.807, 2.05) is 6.92 Å². The summed E-state index contributed by atoms with van der Waals surface area (Å²) in [6.45, 7) is 8.93. The maximum Gasteiger partial charge on any atom is 0.408 e. The van der Waals surface area contributed by atoms with Gasteiger partial charge in [0.15, 0.2) is 0 Å². The summed E-state index contributed by atoms with van der Waals surface area (Å²) in [6.07, 6.45) is 0.0107. The van der Waals surface area contributed by atoms with Crippen molar-refractivity contribution >= 4 is 21.3 Å². The second-order valence-electron chi connectivity index (χ2n) is 5.62. The van der Waals surface area contributed by atoms with Crippen molar-refractivity contribution in [2.75, 3.05) is 0 Å². The predicted octanol–water partition coefficient (Wildman–Crippen LogP) is 2.46. The molecule has 0 rings (SSSR count). The van der Waals surface area contributed by atoms with Crippen LogP contribution in [0.25, 0.3) is 0 Å². The number of aliphatic carboxylic acids is 1. The first kappa shape index (κ1) is 17.2. The maximum absolute atomic E-state index is 11.5. The molecule has 1 amide bonds. The molecule has 0 spiro atoms. The number of ether oxygens (including phenoxy) is 1. The van der Waals surface area contributed by atoms with Crippen molar-refractivity contribution < 1.29 is 19.4 Å². The first-order valence-electron chi connectivity index (χ1n) is 6.01. The van der Waals surface area contributed by atoms with E-state index in [1.54, 1.807) is 27.7 Å². The summed E-state index contributed by atoms with van der Waals surface area (Å²) in [5.74, 6) is -1.42. The molecule has 2 N–H and O–H groups in total. The molecule has 0 fully saturated rings. The summed E-state index contributed by atoms with van der Waals surface area (Å²) in [5.41, 5.74) is -0.536. The highest BCUT2D eigenvalue weighted by Gasteiger charge is 2.23. The summed E-state index contributed by atoms with van der Waals surface area (Å²) >= 11 is 0. The van der Waals surface area contributed by atoms with Crippen LogP contribution < -0.4 is 5.32 Å². The molecule has 5 nitrogen and oxygen atoms in total. The molecule has 106 valence electrons. The maximum atomic E-state index is 11.5. The predicted molar refractivity (Wildman–Crippen MR) is 73.4 cm³/mol. The first-order valence-corrected chi connectivity index (χ1v) is 6.67. The van der Waals surface area contributed by atoms with E-state index in [9.17, 15) is 9.59 Å². The summed E-state index contributed by atoms with van der Waals surface area (Å²) in [6, 6.07) is 0. The summed E-state index contributed by atoms with van der Waals surface area (Å²) < 4.78 is 5.13. The third kappa shape index (κ3) is 7.49. The topological polar surface area (TPSA) is 75.6 Å². The highest BCUT2D eigenvalue weighted by molar-refractivity contribution is 7.17. The molecule has 0 heterocycles. The van der Waals surface area contributed by atoms with Gasteiger partial charge in [0.1, 0.15) is 5.60 Å². The van der Waals surface area contributed by atoms with Crippen LogP contribution in [0.15, 0.2) is 0 Å². The average Bonchev–Trinajstić information content (AvgIpc) is 2.13. The van der Waals surface area contributed by atoms with Crippen molar-refractivity contribution in [2.45, 2.75) is 52.4 Å². The van der Waals surface area contributed by atoms with Gasteiger partial charge in [-0.3, -0.25) is 4.79 Å². The third-order valence-electron chi connectivity index (χ3n) is 2.44. The molecule has 6 heteroatoms. The molecular weight excluding hydrogens is 253 g/mol. The Kier molecular flexibility index (Phi) is 6.61. The lowest BCUT2D eigenvalue weighted by atomic mass is 9.97. The standard InChI is InChI=1S/C12H24NO4P/c1-7(6-8(2)10(14)15)9(18)13-11(16)17-12(3,4)5/h7-9H,6,18H2,1-5H3,(H,13,16)(H,14,15). The highest BCUT2D eigenvalue weighted by Crippen LogP contribution is 2.20. The zero-order chi connectivity index (χ0) is 14.5. The van der Waals surface area contributed by atoms with Gasteiger partial charge in [-0.2, -0.15) is 0 Å². The van der Waals surface area contributed by atoms with E-state index < -0.39 is 23.6 Å². The van der Waals surface area contributed by atoms with E-state index in [1.165, 1.54) is 0 Å². The normalized spacial score (nSPS) is 16.6. The fraction of sp³-hybridized carbons (Fsp3) is 0.833. The van der Waals surface area contributed by atoms with Gasteiger partial charge in [-0.25, -0.2) is 4.79 Å². The molecule has 0 aliphatic heterocycles. The number of hydrogen-bond acceptors (Lipinski definition) is 3. The number of amides is 1. The van der Waals surface area contributed by atoms with Crippen LogP contribution in [0.3, 0.4) is 0 Å². The summed E-state index contributed by atoms with van der Waals surface area (Å²) in [4.78, 5) is 22.3. The second-order valence-corrected chi connectivity index (χ2v) is 6.34. The van der Waals surface area contributed by atoms with Crippen molar-refractivity contribution in [2.24, 2.45) is 11.8 Å². The number of rotatable bonds is 5. The molecule has 4 unspecified atom stereocenters. The second kappa shape index (κ2) is 6.93. The smallest absolute Gasteiger partial charge is 0.408 e. The molecule has 4 atom stereocenters. The van der Waals surface area contributed by atoms with Gasteiger partial charge in [-0.1, -0.05) is 13.8 Å². The Morgan fingerprint density at radius 3 is 2.22 bits per heavy atom. The minimum absolute atomic E-state index is 0.0358. The van der Waals surface area contributed by atoms with Crippen LogP contribution in [0.1, 0.15) is 41.0 Å². The van der Waals surface area contributed by atoms with Crippen LogP contribution in [-0.4, -0.2) is 28.6 Å². The van der Waals surface area contributed by atoms with E-state index in [0.29, 0.717) is 6.42 Å². The molecule has 0 aromatic carbocycles. The fourth-order valence-corrected chi connectivity index (χ4v) is 1.68. The zero-order valence-electron chi connectivity index (χ0n) is 11.7. The Morgan fingerprint density at radius 2 is 1.83 bits per heavy atom. The van der Waals surface area contributed by atoms with Crippen LogP contribution in [0.5, 0.6) is 0 Å². The molecule has 0 aliphatic rings. The Balaban J connectivity index is 4.19. The third-order valence-corrected chi connectivity index (χ3v) is 3.27. The van der Waals surface area contributed by atoms with Gasteiger partial charge < -0.3 is 15.2 Å². The Hall–Kier alpha value is -0.830. The quantitative estimate of drug-likeness (QED) is 0.757. The zero-order valence-corrected chi connectivity index (χ0v) is 12.8. The monoisotopic (exact) mass is 277 g/mol. The number of carbonyl (C=O) groups excluding carboxylic acids is 1. The van der Waals surface area contributed by atoms with Crippen molar-refractivity contribution in [1.82, 2.24) is 5.32 Å². The molecule has 0 aromatic heterocycles. The van der Waals surface area contributed by atoms with Crippen LogP contribution in [0.2, 0.25) is 0 Å². The van der Waals surface area contributed by atoms with E-state index in [2.05, 4.69) is 14.6 Å². The minimum atomic E-state index is -0.823. The lowest BCUT2D eigenvalue weighted by Gasteiger charge is -2.25. The molecule has 18 heavy (non-hydrogen) atoms. The minimum Gasteiger partial charge on any atom is -0.481 e. The Bertz CT molecular complexity index is 301. The number of hydrogen-bond donors (Lipinski definition) is 2. The molecule has 0 aliphatic carbocycles. The van der Waals surface area contributed by atoms with Crippen LogP contribution >= 0.6 is 9.24 Å². The largest absolute Gasteiger partial charge is 0.481 e. The molecule has 0 bridgehead atoms. The number of carboxylic acids is 1. The van der Waals surface area contributed by atoms with Crippen molar-refractivity contribution in [3.8, 4) is 0 Å². The first-order chi connectivity index (χ1) is 8.03. The van der Waals surface area contributed by atoms with Gasteiger partial charge in [0, 0.05) is 5.78 Å². The van der Waals surface area contributed by atoms with Gasteiger partial charge in [-0.15, -0.1) is 9.24 Å². The van der Waals surface area contributed by atoms with Gasteiger partial charge in [0.2, 0.25) is 0 Å². The highest BCUT2D eigenvalue weighted by atomic mass is 31.0. The molecule has 0 saturated carbocycles. The van der Waals surface area contributed by atoms with Gasteiger partial charge in [-0.05, 0) is 33.1 Å². The van der Waals surface area contributed by atoms with Crippen molar-refractivity contribution in [1.29, 1.82) is 0 Å². The Labute approximate surface area is 111 Å². The van der Waals surface area contributed by atoms with Gasteiger partial charge in [0.05, 0.1) is 5.92 Å². The summed E-state index contributed by atoms with van der Waals surface area (Å²) in [7, 11) is 2.51. The molecule has 0 radical (unpaired) electrons. The van der Waals surface area contributed by atoms with Crippen molar-refractivity contribution in [3.63, 3.8) is 0 Å². The lowest BCUT2D eigenvalue weighted by Crippen LogP contribution is -2.39. The average molecular weight is 277 g/mol. The number of alkyl carbamates (subject to hydrolysis) is 1. The van der Waals surface area contributed by atoms with E-state index in [4.69, 9.17) is 9.84 Å². The van der Waals surface area contributed by atoms with Crippen LogP contribution in [0.4, 0.5) is 4.79 Å². The van der Waals surface area contributed by atoms with E-state index in [0.717, 1.165) is 0 Å². The molecular formula is C12H24NO4P. The molecule has 0 saturated heterocycles. The number of carbonyl (C=O) groups is 2.